The van der Waals surface area contributed by atoms with Gasteiger partial charge in [0.25, 0.3) is 0 Å². The summed E-state index contributed by atoms with van der Waals surface area (Å²) in [5, 5.41) is 11.8. The molecule has 10 heteroatoms. The Morgan fingerprint density at radius 2 is 1.79 bits per heavy atom. The van der Waals surface area contributed by atoms with E-state index in [2.05, 4.69) is 35.9 Å². The summed E-state index contributed by atoms with van der Waals surface area (Å²) in [6.07, 6.45) is -0.364. The van der Waals surface area contributed by atoms with Crippen molar-refractivity contribution in [2.75, 3.05) is 12.3 Å². The summed E-state index contributed by atoms with van der Waals surface area (Å²) in [6, 6.07) is -0.926. The molecule has 0 saturated carbocycles. The topological polar surface area (TPSA) is 139 Å². The van der Waals surface area contributed by atoms with Crippen LogP contribution in [0.3, 0.4) is 0 Å². The number of nitrogens with two attached hydrogens (primary N) is 1. The fourth-order valence-corrected chi connectivity index (χ4v) is 1.40. The molecule has 8 nitrogen and oxygen atoms in total. The van der Waals surface area contributed by atoms with Crippen molar-refractivity contribution in [1.29, 1.82) is 0 Å². The zero-order valence-electron chi connectivity index (χ0n) is 9.83. The van der Waals surface area contributed by atoms with Crippen LogP contribution in [-0.4, -0.2) is 52.4 Å². The van der Waals surface area contributed by atoms with E-state index < -0.39 is 41.5 Å². The van der Waals surface area contributed by atoms with Gasteiger partial charge in [0.1, 0.15) is 11.3 Å². The zero-order valence-corrected chi connectivity index (χ0v) is 11.6. The highest BCUT2D eigenvalue weighted by Gasteiger charge is 2.19. The fraction of sp³-hybridized carbons (Fsp3) is 0.556. The average molecular weight is 309 g/mol. The summed E-state index contributed by atoms with van der Waals surface area (Å²) in [7, 11) is 0. The van der Waals surface area contributed by atoms with E-state index >= 15 is 0 Å². The summed E-state index contributed by atoms with van der Waals surface area (Å²) in [6.45, 7) is -0.392. The van der Waals surface area contributed by atoms with Gasteiger partial charge in [-0.3, -0.25) is 19.2 Å². The number of carbonyl (C=O) groups excluding carboxylic acids is 3. The monoisotopic (exact) mass is 309 g/mol. The van der Waals surface area contributed by atoms with Gasteiger partial charge in [0.15, 0.2) is 0 Å². The summed E-state index contributed by atoms with van der Waals surface area (Å²) < 4.78 is 0. The molecule has 0 saturated heterocycles. The number of primary amides is 1. The van der Waals surface area contributed by atoms with Gasteiger partial charge in [-0.25, -0.2) is 0 Å². The molecule has 1 unspecified atom stereocenters. The van der Waals surface area contributed by atoms with Gasteiger partial charge in [0.05, 0.1) is 6.54 Å². The van der Waals surface area contributed by atoms with Crippen molar-refractivity contribution < 1.29 is 24.3 Å². The van der Waals surface area contributed by atoms with Crippen LogP contribution in [0.5, 0.6) is 0 Å². The molecule has 5 N–H and O–H groups in total. The molecule has 0 aliphatic heterocycles. The van der Waals surface area contributed by atoms with Crippen molar-refractivity contribution >= 4 is 48.9 Å². The van der Waals surface area contributed by atoms with E-state index in [1.807, 2.05) is 0 Å². The first-order chi connectivity index (χ1) is 8.77. The number of amides is 3. The molecular formula is C9H15N3O5S2. The number of aliphatic carboxylic acids is 1. The lowest BCUT2D eigenvalue weighted by molar-refractivity contribution is -0.138. The van der Waals surface area contributed by atoms with Crippen molar-refractivity contribution in [3.63, 3.8) is 0 Å². The van der Waals surface area contributed by atoms with E-state index in [-0.39, 0.29) is 12.2 Å². The minimum absolute atomic E-state index is 0.0345. The van der Waals surface area contributed by atoms with E-state index in [0.717, 1.165) is 0 Å². The van der Waals surface area contributed by atoms with E-state index in [4.69, 9.17) is 10.8 Å². The third kappa shape index (κ3) is 7.57. The van der Waals surface area contributed by atoms with E-state index in [9.17, 15) is 19.2 Å². The predicted octanol–water partition coefficient (Wildman–Crippen LogP) is -2.22. The summed E-state index contributed by atoms with van der Waals surface area (Å²) in [5.41, 5.74) is 4.99. The van der Waals surface area contributed by atoms with E-state index in [1.165, 1.54) is 0 Å². The second-order valence-electron chi connectivity index (χ2n) is 3.54. The Labute approximate surface area is 120 Å². The molecule has 0 bridgehead atoms. The maximum atomic E-state index is 11.3. The smallest absolute Gasteiger partial charge is 0.316 e. The van der Waals surface area contributed by atoms with Gasteiger partial charge < -0.3 is 21.5 Å². The molecule has 108 valence electrons. The second kappa shape index (κ2) is 8.64. The number of carbonyl (C=O) groups is 4. The second-order valence-corrected chi connectivity index (χ2v) is 4.53. The molecule has 0 aliphatic carbocycles. The molecule has 0 spiro atoms. The number of hydrogen-bond donors (Lipinski definition) is 6. The third-order valence-electron chi connectivity index (χ3n) is 1.97. The van der Waals surface area contributed by atoms with Gasteiger partial charge in [0, 0.05) is 12.2 Å². The van der Waals surface area contributed by atoms with Gasteiger partial charge in [0.2, 0.25) is 17.7 Å². The van der Waals surface area contributed by atoms with Crippen LogP contribution >= 0.6 is 25.3 Å². The van der Waals surface area contributed by atoms with Gasteiger partial charge in [-0.1, -0.05) is 0 Å². The Morgan fingerprint density at radius 1 is 1.21 bits per heavy atom. The van der Waals surface area contributed by atoms with Crippen molar-refractivity contribution in [2.45, 2.75) is 17.7 Å². The SMILES string of the molecule is NC(=O)[C@H](CS)NC(=O)CNC(=O)CC(S)C(=O)O. The van der Waals surface area contributed by atoms with Crippen molar-refractivity contribution in [3.05, 3.63) is 0 Å². The van der Waals surface area contributed by atoms with Gasteiger partial charge >= 0.3 is 5.97 Å². The van der Waals surface area contributed by atoms with Crippen LogP contribution in [0.4, 0.5) is 0 Å². The zero-order chi connectivity index (χ0) is 15.0. The van der Waals surface area contributed by atoms with Gasteiger partial charge in [-0.2, -0.15) is 25.3 Å². The number of carboxylic acids is 1. The molecular weight excluding hydrogens is 294 g/mol. The molecule has 3 amide bonds. The molecule has 0 aliphatic rings. The molecule has 0 radical (unpaired) electrons. The van der Waals surface area contributed by atoms with Crippen LogP contribution in [0.25, 0.3) is 0 Å². The number of thiol groups is 2. The van der Waals surface area contributed by atoms with Gasteiger partial charge in [-0.15, -0.1) is 0 Å². The highest BCUT2D eigenvalue weighted by atomic mass is 32.1. The summed E-state index contributed by atoms with van der Waals surface area (Å²) in [4.78, 5) is 43.8. The highest BCUT2D eigenvalue weighted by molar-refractivity contribution is 7.81. The predicted molar refractivity (Wildman–Crippen MR) is 73.0 cm³/mol. The Hall–Kier alpha value is -1.42. The van der Waals surface area contributed by atoms with Gasteiger partial charge in [-0.05, 0) is 0 Å². The van der Waals surface area contributed by atoms with Crippen LogP contribution in [0.15, 0.2) is 0 Å². The third-order valence-corrected chi connectivity index (χ3v) is 2.74. The van der Waals surface area contributed by atoms with Crippen LogP contribution in [0.1, 0.15) is 6.42 Å². The number of nitrogens with one attached hydrogen (secondary N) is 2. The number of rotatable bonds is 8. The fourth-order valence-electron chi connectivity index (χ4n) is 0.966. The lowest BCUT2D eigenvalue weighted by Gasteiger charge is -2.13. The van der Waals surface area contributed by atoms with Crippen LogP contribution < -0.4 is 16.4 Å². The highest BCUT2D eigenvalue weighted by Crippen LogP contribution is 2.00. The quantitative estimate of drug-likeness (QED) is 0.282. The maximum absolute atomic E-state index is 11.3. The minimum Gasteiger partial charge on any atom is -0.480 e. The average Bonchev–Trinajstić information content (AvgIpc) is 2.32. The minimum atomic E-state index is -1.23. The molecule has 2 atom stereocenters. The van der Waals surface area contributed by atoms with Crippen molar-refractivity contribution in [1.82, 2.24) is 10.6 Å². The molecule has 0 fully saturated rings. The lowest BCUT2D eigenvalue weighted by atomic mass is 10.3. The lowest BCUT2D eigenvalue weighted by Crippen LogP contribution is -2.49. The number of carboxylic acid groups (broad SMARTS) is 1. The van der Waals surface area contributed by atoms with Crippen LogP contribution in [0.2, 0.25) is 0 Å². The van der Waals surface area contributed by atoms with Crippen LogP contribution in [0, 0.1) is 0 Å². The Balaban J connectivity index is 4.06. The molecule has 0 rings (SSSR count). The van der Waals surface area contributed by atoms with E-state index in [0.29, 0.717) is 0 Å². The first-order valence-electron chi connectivity index (χ1n) is 5.15. The molecule has 0 heterocycles. The normalized spacial score (nSPS) is 13.2. The van der Waals surface area contributed by atoms with E-state index in [1.54, 1.807) is 0 Å². The standard InChI is InChI=1S/C9H15N3O5S2/c10-8(15)4(3-18)12-7(14)2-11-6(13)1-5(19)9(16)17/h4-5,18-19H,1-3H2,(H2,10,15)(H,11,13)(H,12,14)(H,16,17)/t4-,5?/m0/s1. The Bertz CT molecular complexity index is 377. The van der Waals surface area contributed by atoms with Crippen molar-refractivity contribution in [2.24, 2.45) is 5.73 Å². The first kappa shape index (κ1) is 17.6. The Morgan fingerprint density at radius 3 is 2.21 bits per heavy atom. The first-order valence-corrected chi connectivity index (χ1v) is 6.30. The van der Waals surface area contributed by atoms with Crippen LogP contribution in [-0.2, 0) is 19.2 Å². The maximum Gasteiger partial charge on any atom is 0.316 e. The molecule has 0 aromatic heterocycles. The molecule has 19 heavy (non-hydrogen) atoms. The molecule has 0 aromatic carbocycles. The largest absolute Gasteiger partial charge is 0.480 e. The Kier molecular flexibility index (Phi) is 8.00. The summed E-state index contributed by atoms with van der Waals surface area (Å²) in [5.74, 6) is -3.20. The summed E-state index contributed by atoms with van der Waals surface area (Å²) >= 11 is 7.50. The van der Waals surface area contributed by atoms with Crippen molar-refractivity contribution in [3.8, 4) is 0 Å². The number of hydrogen-bond acceptors (Lipinski definition) is 6. The molecule has 0 aromatic rings.